The fourth-order valence-corrected chi connectivity index (χ4v) is 10.6. The van der Waals surface area contributed by atoms with Crippen LogP contribution in [0, 0.1) is 15.5 Å². The zero-order valence-corrected chi connectivity index (χ0v) is 38.8. The van der Waals surface area contributed by atoms with Gasteiger partial charge in [-0.15, -0.1) is 0 Å². The van der Waals surface area contributed by atoms with E-state index in [1.807, 2.05) is 48.2 Å². The van der Waals surface area contributed by atoms with Gasteiger partial charge in [0.25, 0.3) is 21.6 Å². The van der Waals surface area contributed by atoms with Crippen molar-refractivity contribution in [3.63, 3.8) is 0 Å². The van der Waals surface area contributed by atoms with Crippen molar-refractivity contribution >= 4 is 72.6 Å². The molecule has 2 aromatic heterocycles. The highest BCUT2D eigenvalue weighted by molar-refractivity contribution is 7.90. The SMILES string of the molecule is C[C@H]1CN(c2cc(N3CCN(CC4=C(c5ccc(Cl)cc5)CC(C)(C)CC4)CC3)ccc2C(=O)NS(=O)(=O)c2ccc(NCC3(F)CCOCC3)c([N+](=O)[O-])c2)c2cc3cc[nH]c3nc2O1. The Kier molecular flexibility index (Phi) is 12.5. The first-order valence-corrected chi connectivity index (χ1v) is 24.3. The number of aromatic nitrogens is 2. The van der Waals surface area contributed by atoms with E-state index >= 15 is 4.39 Å². The van der Waals surface area contributed by atoms with Gasteiger partial charge in [0.15, 0.2) is 0 Å². The highest BCUT2D eigenvalue weighted by Crippen LogP contribution is 2.44. The van der Waals surface area contributed by atoms with Crippen LogP contribution in [0.3, 0.4) is 0 Å². The van der Waals surface area contributed by atoms with Crippen LogP contribution in [0.2, 0.25) is 5.02 Å². The molecule has 3 aromatic carbocycles. The number of allylic oxidation sites excluding steroid dienone is 1. The molecule has 0 spiro atoms. The van der Waals surface area contributed by atoms with Crippen LogP contribution in [-0.2, 0) is 14.8 Å². The van der Waals surface area contributed by atoms with Gasteiger partial charge in [-0.05, 0) is 97.3 Å². The zero-order valence-electron chi connectivity index (χ0n) is 37.2. The molecule has 1 amide bonds. The summed E-state index contributed by atoms with van der Waals surface area (Å²) in [6.45, 7) is 11.1. The van der Waals surface area contributed by atoms with E-state index in [0.29, 0.717) is 29.4 Å². The predicted molar refractivity (Wildman–Crippen MR) is 254 cm³/mol. The molecule has 3 N–H and O–H groups in total. The number of ether oxygens (including phenoxy) is 2. The number of anilines is 4. The minimum absolute atomic E-state index is 0.0458. The number of carbonyl (C=O) groups is 1. The third-order valence-electron chi connectivity index (χ3n) is 13.3. The third-order valence-corrected chi connectivity index (χ3v) is 14.8. The summed E-state index contributed by atoms with van der Waals surface area (Å²) in [5.74, 6) is -0.571. The number of pyridine rings is 1. The first-order valence-electron chi connectivity index (χ1n) is 22.4. The van der Waals surface area contributed by atoms with Crippen LogP contribution in [0.5, 0.6) is 5.88 Å². The van der Waals surface area contributed by atoms with Crippen molar-refractivity contribution in [2.75, 3.05) is 74.1 Å². The summed E-state index contributed by atoms with van der Waals surface area (Å²) in [6.07, 6.45) is 4.84. The number of sulfonamides is 1. The number of aromatic amines is 1. The molecule has 15 nitrogen and oxygen atoms in total. The maximum Gasteiger partial charge on any atom is 0.293 e. The van der Waals surface area contributed by atoms with Gasteiger partial charge < -0.3 is 29.6 Å². The number of alkyl halides is 1. The van der Waals surface area contributed by atoms with Crippen molar-refractivity contribution in [3.8, 4) is 5.88 Å². The molecular formula is C48H54ClFN8O7S. The number of piperazine rings is 1. The number of benzene rings is 3. The van der Waals surface area contributed by atoms with Gasteiger partial charge >= 0.3 is 0 Å². The molecule has 2 fully saturated rings. The van der Waals surface area contributed by atoms with Gasteiger partial charge in [0, 0.05) is 93.7 Å². The Balaban J connectivity index is 0.988. The number of rotatable bonds is 12. The largest absolute Gasteiger partial charge is 0.471 e. The number of H-pyrrole nitrogens is 1. The molecule has 9 rings (SSSR count). The normalized spacial score (nSPS) is 19.9. The van der Waals surface area contributed by atoms with Crippen molar-refractivity contribution in [3.05, 3.63) is 111 Å². The Morgan fingerprint density at radius 3 is 2.50 bits per heavy atom. The number of hydrogen-bond donors (Lipinski definition) is 3. The summed E-state index contributed by atoms with van der Waals surface area (Å²) >= 11 is 6.27. The van der Waals surface area contributed by atoms with Crippen LogP contribution in [0.25, 0.3) is 16.6 Å². The summed E-state index contributed by atoms with van der Waals surface area (Å²) in [4.78, 5) is 39.9. The smallest absolute Gasteiger partial charge is 0.293 e. The Morgan fingerprint density at radius 2 is 1.76 bits per heavy atom. The number of nitro benzene ring substituents is 1. The summed E-state index contributed by atoms with van der Waals surface area (Å²) in [5, 5.41) is 16.5. The van der Waals surface area contributed by atoms with Gasteiger partial charge in [-0.2, -0.15) is 4.98 Å². The highest BCUT2D eigenvalue weighted by atomic mass is 35.5. The van der Waals surface area contributed by atoms with Crippen molar-refractivity contribution in [1.82, 2.24) is 19.6 Å². The van der Waals surface area contributed by atoms with Crippen molar-refractivity contribution in [2.45, 2.75) is 69.5 Å². The average molecular weight is 942 g/mol. The van der Waals surface area contributed by atoms with Crippen molar-refractivity contribution in [2.24, 2.45) is 5.41 Å². The molecule has 66 heavy (non-hydrogen) atoms. The van der Waals surface area contributed by atoms with E-state index < -0.39 is 37.1 Å². The Hall–Kier alpha value is -5.75. The lowest BCUT2D eigenvalue weighted by molar-refractivity contribution is -0.384. The molecule has 4 aliphatic rings. The summed E-state index contributed by atoms with van der Waals surface area (Å²) in [7, 11) is -4.65. The van der Waals surface area contributed by atoms with Crippen LogP contribution in [0.15, 0.2) is 89.5 Å². The van der Waals surface area contributed by atoms with Crippen molar-refractivity contribution in [1.29, 1.82) is 0 Å². The lowest BCUT2D eigenvalue weighted by atomic mass is 9.72. The molecule has 348 valence electrons. The maximum atomic E-state index is 15.3. The molecule has 1 atom stereocenters. The average Bonchev–Trinajstić information content (AvgIpc) is 3.75. The number of nitro groups is 1. The quantitative estimate of drug-likeness (QED) is 0.0802. The van der Waals surface area contributed by atoms with Gasteiger partial charge in [0.1, 0.15) is 28.8 Å². The van der Waals surface area contributed by atoms with E-state index in [2.05, 4.69) is 50.8 Å². The van der Waals surface area contributed by atoms with Crippen molar-refractivity contribution < 1.29 is 32.0 Å². The molecule has 1 aliphatic carbocycles. The van der Waals surface area contributed by atoms with Gasteiger partial charge in [-0.25, -0.2) is 17.5 Å². The van der Waals surface area contributed by atoms with Crippen LogP contribution >= 0.6 is 11.6 Å². The van der Waals surface area contributed by atoms with E-state index in [1.165, 1.54) is 22.8 Å². The molecule has 18 heteroatoms. The Labute approximate surface area is 388 Å². The summed E-state index contributed by atoms with van der Waals surface area (Å²) in [6, 6.07) is 20.6. The van der Waals surface area contributed by atoms with Gasteiger partial charge in [0.2, 0.25) is 5.88 Å². The predicted octanol–water partition coefficient (Wildman–Crippen LogP) is 8.88. The van der Waals surface area contributed by atoms with E-state index in [1.54, 1.807) is 12.3 Å². The zero-order chi connectivity index (χ0) is 46.4. The molecule has 2 saturated heterocycles. The van der Waals surface area contributed by atoms with Gasteiger partial charge in [0.05, 0.1) is 27.6 Å². The molecular weight excluding hydrogens is 887 g/mol. The lowest BCUT2D eigenvalue weighted by Crippen LogP contribution is -2.47. The number of carbonyl (C=O) groups excluding carboxylic acids is 1. The standard InChI is InChI=1S/C48H54ClFN8O7S/c1-31-28-57(43-24-33-13-17-51-44(33)53-46(43)65-31)41-25-36(56-20-18-55(19-21-56)29-34-12-14-47(2,3)27-39(34)32-4-6-35(49)7-5-32)8-10-38(41)45(59)54-66(62,63)37-9-11-40(42(26-37)58(60)61)52-30-48(50)15-22-64-23-16-48/h4-11,13,17,24-26,31,52H,12,14-16,18-23,27-30H2,1-3H3,(H,51,53)(H,54,59)/t31-/m0/s1. The van der Waals surface area contributed by atoms with Gasteiger partial charge in [-0.3, -0.25) is 19.8 Å². The molecule has 0 radical (unpaired) electrons. The molecule has 0 saturated carbocycles. The fraction of sp³-hybridized carbons (Fsp3) is 0.417. The van der Waals surface area contributed by atoms with Crippen LogP contribution in [0.4, 0.5) is 32.8 Å². The minimum atomic E-state index is -4.65. The van der Waals surface area contributed by atoms with E-state index in [9.17, 15) is 23.3 Å². The van der Waals surface area contributed by atoms with Crippen LogP contribution in [-0.4, -0.2) is 105 Å². The number of nitrogens with zero attached hydrogens (tertiary/aromatic N) is 5. The number of hydrogen-bond acceptors (Lipinski definition) is 12. The highest BCUT2D eigenvalue weighted by Gasteiger charge is 2.35. The molecule has 5 heterocycles. The van der Waals surface area contributed by atoms with Crippen LogP contribution < -0.4 is 24.6 Å². The first kappa shape index (κ1) is 45.4. The minimum Gasteiger partial charge on any atom is -0.471 e. The Morgan fingerprint density at radius 1 is 1.00 bits per heavy atom. The number of amides is 1. The summed E-state index contributed by atoms with van der Waals surface area (Å²) in [5.41, 5.74) is 4.65. The van der Waals surface area contributed by atoms with E-state index in [-0.39, 0.29) is 55.4 Å². The number of halogens is 2. The second-order valence-corrected chi connectivity index (χ2v) is 20.8. The molecule has 0 unspecified atom stereocenters. The van der Waals surface area contributed by atoms with Crippen LogP contribution in [0.1, 0.15) is 68.8 Å². The maximum absolute atomic E-state index is 15.3. The Bertz CT molecular complexity index is 2800. The molecule has 5 aromatic rings. The fourth-order valence-electron chi connectivity index (χ4n) is 9.46. The first-order chi connectivity index (χ1) is 31.5. The second-order valence-electron chi connectivity index (χ2n) is 18.6. The topological polar surface area (TPSA) is 175 Å². The van der Waals surface area contributed by atoms with E-state index in [4.69, 9.17) is 26.1 Å². The lowest BCUT2D eigenvalue weighted by Gasteiger charge is -2.40. The van der Waals surface area contributed by atoms with E-state index in [0.717, 1.165) is 80.2 Å². The van der Waals surface area contributed by atoms with Gasteiger partial charge in [-0.1, -0.05) is 43.2 Å². The monoisotopic (exact) mass is 940 g/mol. The number of nitrogens with one attached hydrogen (secondary N) is 3. The second kappa shape index (κ2) is 18.1. The molecule has 3 aliphatic heterocycles. The summed E-state index contributed by atoms with van der Waals surface area (Å²) < 4.78 is 56.8. The third kappa shape index (κ3) is 9.71. The molecule has 0 bridgehead atoms. The number of fused-ring (bicyclic) bond motifs is 2.